The molecule has 0 aliphatic carbocycles. The van der Waals surface area contributed by atoms with E-state index in [1.165, 1.54) is 12.4 Å². The normalized spacial score (nSPS) is 10.5. The number of aromatic nitrogens is 3. The number of nitro groups is 1. The predicted molar refractivity (Wildman–Crippen MR) is 71.0 cm³/mol. The monoisotopic (exact) mass is 279 g/mol. The first kappa shape index (κ1) is 13.9. The Morgan fingerprint density at radius 3 is 2.95 bits per heavy atom. The molecule has 1 aromatic carbocycles. The highest BCUT2D eigenvalue weighted by atomic mass is 19.1. The quantitative estimate of drug-likeness (QED) is 0.480. The molecule has 8 heteroatoms. The Hall–Kier alpha value is -2.51. The summed E-state index contributed by atoms with van der Waals surface area (Å²) in [6.45, 7) is 2.09. The van der Waals surface area contributed by atoms with E-state index in [4.69, 9.17) is 0 Å². The minimum absolute atomic E-state index is 0.257. The van der Waals surface area contributed by atoms with Crippen LogP contribution in [0.1, 0.15) is 17.8 Å². The number of aromatic amines is 1. The molecule has 1 aromatic heterocycles. The van der Waals surface area contributed by atoms with Crippen LogP contribution in [0.15, 0.2) is 18.5 Å². The minimum Gasteiger partial charge on any atom is -0.379 e. The van der Waals surface area contributed by atoms with Crippen molar-refractivity contribution in [3.8, 4) is 0 Å². The molecule has 2 rings (SSSR count). The van der Waals surface area contributed by atoms with E-state index >= 15 is 0 Å². The molecule has 0 atom stereocenters. The second-order valence-corrected chi connectivity index (χ2v) is 4.34. The van der Waals surface area contributed by atoms with Crippen molar-refractivity contribution >= 4 is 11.4 Å². The van der Waals surface area contributed by atoms with Crippen molar-refractivity contribution in [2.75, 3.05) is 11.9 Å². The maximum absolute atomic E-state index is 13.3. The lowest BCUT2D eigenvalue weighted by atomic mass is 10.1. The highest BCUT2D eigenvalue weighted by Crippen LogP contribution is 2.27. The van der Waals surface area contributed by atoms with Gasteiger partial charge in [0.05, 0.1) is 11.0 Å². The SMILES string of the molecule is Cc1cc(NCCCc2ncn[nH]2)c([N+](=O)[O-])cc1F. The van der Waals surface area contributed by atoms with E-state index in [0.29, 0.717) is 24.2 Å². The van der Waals surface area contributed by atoms with E-state index in [1.54, 1.807) is 6.92 Å². The molecular weight excluding hydrogens is 265 g/mol. The Balaban J connectivity index is 1.98. The first-order chi connectivity index (χ1) is 9.58. The lowest BCUT2D eigenvalue weighted by Gasteiger charge is -2.08. The van der Waals surface area contributed by atoms with Gasteiger partial charge in [-0.1, -0.05) is 0 Å². The van der Waals surface area contributed by atoms with Crippen molar-refractivity contribution < 1.29 is 9.31 Å². The van der Waals surface area contributed by atoms with E-state index in [1.807, 2.05) is 0 Å². The van der Waals surface area contributed by atoms with Crippen LogP contribution >= 0.6 is 0 Å². The summed E-state index contributed by atoms with van der Waals surface area (Å²) in [5.41, 5.74) is 0.438. The molecule has 1 heterocycles. The molecule has 0 saturated carbocycles. The zero-order valence-corrected chi connectivity index (χ0v) is 10.9. The van der Waals surface area contributed by atoms with Crippen molar-refractivity contribution in [1.82, 2.24) is 15.2 Å². The van der Waals surface area contributed by atoms with Crippen LogP contribution in [-0.2, 0) is 6.42 Å². The standard InChI is InChI=1S/C12H14FN5O2/c1-8-5-10(11(18(19)20)6-9(8)13)14-4-2-3-12-15-7-16-17-12/h5-7,14H,2-4H2,1H3,(H,15,16,17). The van der Waals surface area contributed by atoms with Crippen molar-refractivity contribution in [2.45, 2.75) is 19.8 Å². The third-order valence-electron chi connectivity index (χ3n) is 2.84. The number of hydrogen-bond donors (Lipinski definition) is 2. The first-order valence-electron chi connectivity index (χ1n) is 6.10. The van der Waals surface area contributed by atoms with Crippen molar-refractivity contribution in [2.24, 2.45) is 0 Å². The van der Waals surface area contributed by atoms with Crippen LogP contribution in [0.4, 0.5) is 15.8 Å². The number of nitrogens with one attached hydrogen (secondary N) is 2. The second-order valence-electron chi connectivity index (χ2n) is 4.34. The Kier molecular flexibility index (Phi) is 4.24. The third-order valence-corrected chi connectivity index (χ3v) is 2.84. The van der Waals surface area contributed by atoms with Crippen LogP contribution < -0.4 is 5.32 Å². The van der Waals surface area contributed by atoms with Gasteiger partial charge in [0, 0.05) is 13.0 Å². The van der Waals surface area contributed by atoms with E-state index in [9.17, 15) is 14.5 Å². The fourth-order valence-corrected chi connectivity index (χ4v) is 1.79. The number of halogens is 1. The molecule has 2 aromatic rings. The number of anilines is 1. The van der Waals surface area contributed by atoms with E-state index in [-0.39, 0.29) is 5.69 Å². The molecule has 2 N–H and O–H groups in total. The maximum Gasteiger partial charge on any atom is 0.295 e. The highest BCUT2D eigenvalue weighted by molar-refractivity contribution is 5.63. The Morgan fingerprint density at radius 1 is 1.50 bits per heavy atom. The lowest BCUT2D eigenvalue weighted by molar-refractivity contribution is -0.384. The number of benzene rings is 1. The third kappa shape index (κ3) is 3.28. The van der Waals surface area contributed by atoms with Crippen molar-refractivity contribution in [3.63, 3.8) is 0 Å². The topological polar surface area (TPSA) is 96.7 Å². The van der Waals surface area contributed by atoms with Gasteiger partial charge in [-0.2, -0.15) is 5.10 Å². The molecule has 0 spiro atoms. The molecule has 0 aliphatic rings. The average Bonchev–Trinajstić information content (AvgIpc) is 2.91. The molecule has 106 valence electrons. The molecular formula is C12H14FN5O2. The van der Waals surface area contributed by atoms with Gasteiger partial charge in [0.1, 0.15) is 23.7 Å². The summed E-state index contributed by atoms with van der Waals surface area (Å²) in [7, 11) is 0. The first-order valence-corrected chi connectivity index (χ1v) is 6.10. The number of nitro benzene ring substituents is 1. The Labute approximate surface area is 114 Å². The highest BCUT2D eigenvalue weighted by Gasteiger charge is 2.16. The van der Waals surface area contributed by atoms with E-state index < -0.39 is 10.7 Å². The van der Waals surface area contributed by atoms with Crippen LogP contribution in [0.5, 0.6) is 0 Å². The van der Waals surface area contributed by atoms with Crippen molar-refractivity contribution in [3.05, 3.63) is 45.8 Å². The van der Waals surface area contributed by atoms with Crippen LogP contribution in [0, 0.1) is 22.9 Å². The van der Waals surface area contributed by atoms with Crippen molar-refractivity contribution in [1.29, 1.82) is 0 Å². The number of hydrogen-bond acceptors (Lipinski definition) is 5. The summed E-state index contributed by atoms with van der Waals surface area (Å²) in [6.07, 6.45) is 2.83. The number of aryl methyl sites for hydroxylation is 2. The summed E-state index contributed by atoms with van der Waals surface area (Å²) >= 11 is 0. The van der Waals surface area contributed by atoms with E-state index in [0.717, 1.165) is 18.3 Å². The van der Waals surface area contributed by atoms with Crippen LogP contribution in [0.3, 0.4) is 0 Å². The molecule has 20 heavy (non-hydrogen) atoms. The van der Waals surface area contributed by atoms with Gasteiger partial charge < -0.3 is 5.32 Å². The second kappa shape index (κ2) is 6.09. The molecule has 0 saturated heterocycles. The van der Waals surface area contributed by atoms with Gasteiger partial charge in [0.15, 0.2) is 0 Å². The molecule has 7 nitrogen and oxygen atoms in total. The van der Waals surface area contributed by atoms with Crippen LogP contribution in [-0.4, -0.2) is 26.6 Å². The average molecular weight is 279 g/mol. The smallest absolute Gasteiger partial charge is 0.295 e. The van der Waals surface area contributed by atoms with Gasteiger partial charge in [-0.3, -0.25) is 15.2 Å². The zero-order valence-electron chi connectivity index (χ0n) is 10.9. The predicted octanol–water partition coefficient (Wildman–Crippen LogP) is 2.21. The lowest BCUT2D eigenvalue weighted by Crippen LogP contribution is -2.07. The molecule has 0 amide bonds. The zero-order chi connectivity index (χ0) is 14.5. The largest absolute Gasteiger partial charge is 0.379 e. The number of nitrogens with zero attached hydrogens (tertiary/aromatic N) is 3. The van der Waals surface area contributed by atoms with Gasteiger partial charge in [-0.25, -0.2) is 9.37 Å². The minimum atomic E-state index is -0.596. The molecule has 0 radical (unpaired) electrons. The van der Waals surface area contributed by atoms with Crippen LogP contribution in [0.2, 0.25) is 0 Å². The number of H-pyrrole nitrogens is 1. The van der Waals surface area contributed by atoms with Gasteiger partial charge >= 0.3 is 0 Å². The summed E-state index contributed by atoms with van der Waals surface area (Å²) in [5.74, 6) is 0.181. The van der Waals surface area contributed by atoms with Crippen LogP contribution in [0.25, 0.3) is 0 Å². The summed E-state index contributed by atoms with van der Waals surface area (Å²) in [6, 6.07) is 2.38. The van der Waals surface area contributed by atoms with E-state index in [2.05, 4.69) is 20.5 Å². The van der Waals surface area contributed by atoms with Gasteiger partial charge in [0.2, 0.25) is 0 Å². The molecule has 0 bridgehead atoms. The Morgan fingerprint density at radius 2 is 2.30 bits per heavy atom. The summed E-state index contributed by atoms with van der Waals surface area (Å²) in [4.78, 5) is 14.3. The molecule has 0 aliphatic heterocycles. The van der Waals surface area contributed by atoms with Gasteiger partial charge in [0.25, 0.3) is 5.69 Å². The maximum atomic E-state index is 13.3. The fourth-order valence-electron chi connectivity index (χ4n) is 1.79. The summed E-state index contributed by atoms with van der Waals surface area (Å²) in [5, 5.41) is 20.3. The Bertz CT molecular complexity index is 600. The fraction of sp³-hybridized carbons (Fsp3) is 0.333. The van der Waals surface area contributed by atoms with Gasteiger partial charge in [-0.05, 0) is 25.0 Å². The summed E-state index contributed by atoms with van der Waals surface area (Å²) < 4.78 is 13.3. The molecule has 0 fully saturated rings. The number of rotatable bonds is 6. The molecule has 0 unspecified atom stereocenters. The van der Waals surface area contributed by atoms with Gasteiger partial charge in [-0.15, -0.1) is 0 Å².